The second-order valence-corrected chi connectivity index (χ2v) is 5.09. The third-order valence-electron chi connectivity index (χ3n) is 3.26. The molecule has 3 rings (SSSR count). The number of aromatic nitrogens is 4. The molecule has 0 aliphatic carbocycles. The maximum atomic E-state index is 12.0. The van der Waals surface area contributed by atoms with Crippen LogP contribution in [-0.2, 0) is 7.05 Å². The van der Waals surface area contributed by atoms with Crippen molar-refractivity contribution < 1.29 is 9.32 Å². The zero-order valence-corrected chi connectivity index (χ0v) is 13.0. The number of hydrogen-bond donors (Lipinski definition) is 2. The minimum absolute atomic E-state index is 0.371. The highest BCUT2D eigenvalue weighted by Crippen LogP contribution is 2.20. The van der Waals surface area contributed by atoms with Gasteiger partial charge in [-0.2, -0.15) is 10.1 Å². The van der Waals surface area contributed by atoms with E-state index < -0.39 is 0 Å². The first-order valence-electron chi connectivity index (χ1n) is 7.00. The normalized spacial score (nSPS) is 10.6. The number of nitrogens with zero attached hydrogens (tertiary/aromatic N) is 4. The van der Waals surface area contributed by atoms with Crippen LogP contribution in [0.15, 0.2) is 34.9 Å². The second kappa shape index (κ2) is 5.91. The Bertz CT molecular complexity index is 832. The highest BCUT2D eigenvalue weighted by molar-refractivity contribution is 5.99. The number of carbonyl (C=O) groups excluding carboxylic acids is 1. The molecule has 2 amide bonds. The monoisotopic (exact) mass is 312 g/mol. The van der Waals surface area contributed by atoms with Gasteiger partial charge in [0.1, 0.15) is 0 Å². The smallest absolute Gasteiger partial charge is 0.324 e. The van der Waals surface area contributed by atoms with Gasteiger partial charge in [0.25, 0.3) is 0 Å². The van der Waals surface area contributed by atoms with Crippen LogP contribution in [-0.4, -0.2) is 26.0 Å². The van der Waals surface area contributed by atoms with Gasteiger partial charge in [0, 0.05) is 37.0 Å². The highest BCUT2D eigenvalue weighted by Gasteiger charge is 2.09. The van der Waals surface area contributed by atoms with Crippen molar-refractivity contribution >= 4 is 17.5 Å². The molecule has 0 atom stereocenters. The molecule has 0 radical (unpaired) electrons. The molecule has 0 fully saturated rings. The van der Waals surface area contributed by atoms with Gasteiger partial charge in [0.2, 0.25) is 11.7 Å². The second-order valence-electron chi connectivity index (χ2n) is 5.09. The van der Waals surface area contributed by atoms with E-state index in [9.17, 15) is 4.79 Å². The first-order valence-corrected chi connectivity index (χ1v) is 7.00. The number of amides is 2. The summed E-state index contributed by atoms with van der Waals surface area (Å²) in [5, 5.41) is 13.5. The van der Waals surface area contributed by atoms with E-state index in [2.05, 4.69) is 25.9 Å². The topological polar surface area (TPSA) is 97.9 Å². The number of hydrogen-bond acceptors (Lipinski definition) is 5. The summed E-state index contributed by atoms with van der Waals surface area (Å²) in [5.41, 5.74) is 2.33. The van der Waals surface area contributed by atoms with E-state index in [4.69, 9.17) is 4.52 Å². The number of carbonyl (C=O) groups is 1. The van der Waals surface area contributed by atoms with Gasteiger partial charge in [-0.1, -0.05) is 17.3 Å². The van der Waals surface area contributed by atoms with E-state index in [1.807, 2.05) is 26.1 Å². The highest BCUT2D eigenvalue weighted by atomic mass is 16.5. The predicted octanol–water partition coefficient (Wildman–Crippen LogP) is 2.73. The van der Waals surface area contributed by atoms with Gasteiger partial charge in [-0.05, 0) is 19.1 Å². The minimum atomic E-state index is -0.371. The average molecular weight is 312 g/mol. The fourth-order valence-electron chi connectivity index (χ4n) is 2.05. The van der Waals surface area contributed by atoms with E-state index in [0.717, 1.165) is 11.3 Å². The Morgan fingerprint density at radius 3 is 2.70 bits per heavy atom. The van der Waals surface area contributed by atoms with Crippen molar-refractivity contribution in [2.45, 2.75) is 13.8 Å². The lowest BCUT2D eigenvalue weighted by molar-refractivity contribution is 0.262. The molecule has 2 aromatic heterocycles. The summed E-state index contributed by atoms with van der Waals surface area (Å²) in [6, 6.07) is 8.62. The molecule has 8 nitrogen and oxygen atoms in total. The van der Waals surface area contributed by atoms with Crippen molar-refractivity contribution in [3.63, 3.8) is 0 Å². The molecule has 0 saturated carbocycles. The fourth-order valence-corrected chi connectivity index (χ4v) is 2.05. The lowest BCUT2D eigenvalue weighted by Crippen LogP contribution is -2.19. The Kier molecular flexibility index (Phi) is 3.80. The SMILES string of the molecule is Cc1nc(-c2cccc(NC(=O)Nc3cc(C)n(C)n3)c2)no1. The number of rotatable bonds is 3. The van der Waals surface area contributed by atoms with Gasteiger partial charge < -0.3 is 9.84 Å². The standard InChI is InChI=1S/C15H16N6O2/c1-9-7-13(19-21(9)3)18-15(22)17-12-6-4-5-11(8-12)14-16-10(2)23-20-14/h4-8H,1-3H3,(H2,17,18,19,22). The molecule has 0 aliphatic rings. The van der Waals surface area contributed by atoms with E-state index in [1.54, 1.807) is 29.8 Å². The summed E-state index contributed by atoms with van der Waals surface area (Å²) in [4.78, 5) is 16.2. The van der Waals surface area contributed by atoms with Crippen LogP contribution in [0.5, 0.6) is 0 Å². The van der Waals surface area contributed by atoms with Gasteiger partial charge in [0.05, 0.1) is 0 Å². The summed E-state index contributed by atoms with van der Waals surface area (Å²) < 4.78 is 6.65. The Morgan fingerprint density at radius 1 is 1.22 bits per heavy atom. The predicted molar refractivity (Wildman–Crippen MR) is 85.1 cm³/mol. The third-order valence-corrected chi connectivity index (χ3v) is 3.26. The number of benzene rings is 1. The average Bonchev–Trinajstić information content (AvgIpc) is 3.06. The van der Waals surface area contributed by atoms with Crippen LogP contribution in [0.2, 0.25) is 0 Å². The van der Waals surface area contributed by atoms with Gasteiger partial charge in [-0.3, -0.25) is 10.00 Å². The van der Waals surface area contributed by atoms with Crippen LogP contribution in [0, 0.1) is 13.8 Å². The molecule has 0 bridgehead atoms. The summed E-state index contributed by atoms with van der Waals surface area (Å²) in [5.74, 6) is 1.46. The molecule has 0 unspecified atom stereocenters. The lowest BCUT2D eigenvalue weighted by atomic mass is 10.2. The molecule has 1 aromatic carbocycles. The van der Waals surface area contributed by atoms with Gasteiger partial charge >= 0.3 is 6.03 Å². The molecule has 8 heteroatoms. The molecular weight excluding hydrogens is 296 g/mol. The Hall–Kier alpha value is -3.16. The van der Waals surface area contributed by atoms with E-state index >= 15 is 0 Å². The molecular formula is C15H16N6O2. The lowest BCUT2D eigenvalue weighted by Gasteiger charge is -2.06. The molecule has 3 aromatic rings. The quantitative estimate of drug-likeness (QED) is 0.775. The number of urea groups is 1. The fraction of sp³-hybridized carbons (Fsp3) is 0.200. The summed E-state index contributed by atoms with van der Waals surface area (Å²) in [7, 11) is 1.81. The molecule has 0 aliphatic heterocycles. The first-order chi connectivity index (χ1) is 11.0. The van der Waals surface area contributed by atoms with Crippen LogP contribution < -0.4 is 10.6 Å². The van der Waals surface area contributed by atoms with E-state index in [0.29, 0.717) is 23.2 Å². The third kappa shape index (κ3) is 3.37. The molecule has 118 valence electrons. The van der Waals surface area contributed by atoms with Crippen LogP contribution in [0.3, 0.4) is 0 Å². The van der Waals surface area contributed by atoms with Crippen LogP contribution >= 0.6 is 0 Å². The number of anilines is 2. The first kappa shape index (κ1) is 14.8. The van der Waals surface area contributed by atoms with Crippen LogP contribution in [0.1, 0.15) is 11.6 Å². The summed E-state index contributed by atoms with van der Waals surface area (Å²) in [6.07, 6.45) is 0. The zero-order chi connectivity index (χ0) is 16.4. The van der Waals surface area contributed by atoms with Crippen molar-refractivity contribution in [1.82, 2.24) is 19.9 Å². The molecule has 2 N–H and O–H groups in total. The van der Waals surface area contributed by atoms with Crippen molar-refractivity contribution in [3.05, 3.63) is 41.9 Å². The maximum Gasteiger partial charge on any atom is 0.324 e. The Morgan fingerprint density at radius 2 is 2.04 bits per heavy atom. The van der Waals surface area contributed by atoms with Gasteiger partial charge in [-0.25, -0.2) is 4.79 Å². The number of aryl methyl sites for hydroxylation is 3. The van der Waals surface area contributed by atoms with Crippen molar-refractivity contribution in [2.24, 2.45) is 7.05 Å². The Balaban J connectivity index is 1.71. The summed E-state index contributed by atoms with van der Waals surface area (Å²) in [6.45, 7) is 3.63. The molecule has 0 saturated heterocycles. The zero-order valence-electron chi connectivity index (χ0n) is 13.0. The summed E-state index contributed by atoms with van der Waals surface area (Å²) >= 11 is 0. The van der Waals surface area contributed by atoms with Crippen molar-refractivity contribution in [2.75, 3.05) is 10.6 Å². The molecule has 23 heavy (non-hydrogen) atoms. The van der Waals surface area contributed by atoms with Crippen molar-refractivity contribution in [1.29, 1.82) is 0 Å². The Labute approximate surface area is 132 Å². The van der Waals surface area contributed by atoms with Gasteiger partial charge in [-0.15, -0.1) is 0 Å². The minimum Gasteiger partial charge on any atom is -0.339 e. The largest absolute Gasteiger partial charge is 0.339 e. The van der Waals surface area contributed by atoms with E-state index in [1.165, 1.54) is 0 Å². The maximum absolute atomic E-state index is 12.0. The number of nitrogens with one attached hydrogen (secondary N) is 2. The van der Waals surface area contributed by atoms with Crippen LogP contribution in [0.25, 0.3) is 11.4 Å². The van der Waals surface area contributed by atoms with E-state index in [-0.39, 0.29) is 6.03 Å². The molecule has 0 spiro atoms. The van der Waals surface area contributed by atoms with Gasteiger partial charge in [0.15, 0.2) is 5.82 Å². The van der Waals surface area contributed by atoms with Crippen LogP contribution in [0.4, 0.5) is 16.3 Å². The molecule has 2 heterocycles. The van der Waals surface area contributed by atoms with Crippen molar-refractivity contribution in [3.8, 4) is 11.4 Å².